The maximum Gasteiger partial charge on any atom is 0.226 e. The van der Waals surface area contributed by atoms with Crippen molar-refractivity contribution in [2.45, 2.75) is 6.92 Å². The van der Waals surface area contributed by atoms with E-state index in [1.165, 1.54) is 18.5 Å². The molecule has 0 saturated carbocycles. The Morgan fingerprint density at radius 2 is 2.12 bits per heavy atom. The summed E-state index contributed by atoms with van der Waals surface area (Å²) in [7, 11) is 0. The molecule has 1 aromatic heterocycles. The monoisotopic (exact) mass is 316 g/mol. The smallest absolute Gasteiger partial charge is 0.226 e. The van der Waals surface area contributed by atoms with Crippen LogP contribution in [0.4, 0.5) is 4.39 Å². The molecule has 2 rings (SSSR count). The zero-order valence-electron chi connectivity index (χ0n) is 8.75. The van der Waals surface area contributed by atoms with Crippen molar-refractivity contribution < 1.29 is 9.13 Å². The second kappa shape index (κ2) is 4.98. The fraction of sp³-hybridized carbons (Fsp3) is 0.0909. The lowest BCUT2D eigenvalue weighted by Gasteiger charge is -2.09. The Labute approximate surface area is 111 Å². The molecule has 1 aromatic carbocycles. The summed E-state index contributed by atoms with van der Waals surface area (Å²) in [6.07, 6.45) is 1.29. The molecule has 0 fully saturated rings. The first-order chi connectivity index (χ1) is 8.08. The lowest BCUT2D eigenvalue weighted by molar-refractivity contribution is 0.450. The van der Waals surface area contributed by atoms with Crippen LogP contribution in [0.25, 0.3) is 0 Å². The van der Waals surface area contributed by atoms with E-state index in [1.807, 2.05) is 0 Å². The molecule has 0 bridgehead atoms. The van der Waals surface area contributed by atoms with Crippen LogP contribution in [0.1, 0.15) is 5.56 Å². The van der Waals surface area contributed by atoms with E-state index in [0.717, 1.165) is 0 Å². The van der Waals surface area contributed by atoms with Gasteiger partial charge in [0.05, 0.1) is 4.47 Å². The second-order valence-corrected chi connectivity index (χ2v) is 4.48. The summed E-state index contributed by atoms with van der Waals surface area (Å²) in [6.45, 7) is 1.73. The first kappa shape index (κ1) is 12.3. The van der Waals surface area contributed by atoms with Crippen LogP contribution < -0.4 is 4.74 Å². The molecule has 0 N–H and O–H groups in total. The topological polar surface area (TPSA) is 35.0 Å². The van der Waals surface area contributed by atoms with E-state index < -0.39 is 0 Å². The van der Waals surface area contributed by atoms with Crippen LogP contribution in [0, 0.1) is 12.7 Å². The summed E-state index contributed by atoms with van der Waals surface area (Å²) >= 11 is 9.10. The van der Waals surface area contributed by atoms with Crippen LogP contribution in [-0.2, 0) is 0 Å². The minimum atomic E-state index is -0.388. The van der Waals surface area contributed by atoms with Gasteiger partial charge in [0.25, 0.3) is 0 Å². The van der Waals surface area contributed by atoms with Crippen molar-refractivity contribution in [2.24, 2.45) is 0 Å². The average molecular weight is 318 g/mol. The van der Waals surface area contributed by atoms with Gasteiger partial charge in [-0.3, -0.25) is 0 Å². The van der Waals surface area contributed by atoms with Crippen molar-refractivity contribution in [3.05, 3.63) is 45.5 Å². The Balaban J connectivity index is 2.38. The van der Waals surface area contributed by atoms with Gasteiger partial charge < -0.3 is 4.74 Å². The van der Waals surface area contributed by atoms with Gasteiger partial charge in [0.2, 0.25) is 5.88 Å². The van der Waals surface area contributed by atoms with Gasteiger partial charge in [-0.05, 0) is 35.0 Å². The highest BCUT2D eigenvalue weighted by Crippen LogP contribution is 2.31. The van der Waals surface area contributed by atoms with E-state index in [0.29, 0.717) is 26.8 Å². The molecule has 0 aliphatic carbocycles. The van der Waals surface area contributed by atoms with Crippen molar-refractivity contribution in [2.75, 3.05) is 0 Å². The van der Waals surface area contributed by atoms with Crippen LogP contribution in [0.15, 0.2) is 29.0 Å². The summed E-state index contributed by atoms with van der Waals surface area (Å²) in [5.41, 5.74) is 0.602. The zero-order chi connectivity index (χ0) is 12.4. The molecule has 2 aromatic rings. The molecule has 88 valence electrons. The number of benzene rings is 1. The van der Waals surface area contributed by atoms with Crippen LogP contribution in [0.2, 0.25) is 5.15 Å². The van der Waals surface area contributed by atoms with E-state index >= 15 is 0 Å². The average Bonchev–Trinajstić information content (AvgIpc) is 2.30. The van der Waals surface area contributed by atoms with Gasteiger partial charge in [-0.15, -0.1) is 0 Å². The quantitative estimate of drug-likeness (QED) is 0.781. The van der Waals surface area contributed by atoms with Gasteiger partial charge in [-0.2, -0.15) is 0 Å². The van der Waals surface area contributed by atoms with Crippen molar-refractivity contribution in [1.29, 1.82) is 0 Å². The molecular weight excluding hydrogens is 310 g/mol. The highest BCUT2D eigenvalue weighted by Gasteiger charge is 2.10. The maximum atomic E-state index is 13.1. The van der Waals surface area contributed by atoms with Crippen molar-refractivity contribution in [1.82, 2.24) is 9.97 Å². The summed E-state index contributed by atoms with van der Waals surface area (Å²) in [5, 5.41) is 0.308. The van der Waals surface area contributed by atoms with Crippen LogP contribution in [-0.4, -0.2) is 9.97 Å². The van der Waals surface area contributed by atoms with Crippen molar-refractivity contribution >= 4 is 27.5 Å². The molecule has 17 heavy (non-hydrogen) atoms. The minimum Gasteiger partial charge on any atom is -0.437 e. The Kier molecular flexibility index (Phi) is 3.59. The van der Waals surface area contributed by atoms with E-state index in [9.17, 15) is 4.39 Å². The molecule has 0 unspecified atom stereocenters. The molecule has 0 aliphatic rings. The van der Waals surface area contributed by atoms with Gasteiger partial charge in [-0.1, -0.05) is 11.6 Å². The molecule has 0 atom stereocenters. The van der Waals surface area contributed by atoms with Gasteiger partial charge in [0.15, 0.2) is 0 Å². The first-order valence-electron chi connectivity index (χ1n) is 4.68. The van der Waals surface area contributed by atoms with Crippen LogP contribution in [0.3, 0.4) is 0 Å². The minimum absolute atomic E-state index is 0.302. The molecule has 0 saturated heterocycles. The normalized spacial score (nSPS) is 10.4. The third-order valence-electron chi connectivity index (χ3n) is 2.08. The van der Waals surface area contributed by atoms with E-state index in [1.54, 1.807) is 13.0 Å². The van der Waals surface area contributed by atoms with Crippen LogP contribution >= 0.6 is 27.5 Å². The number of hydrogen-bond donors (Lipinski definition) is 0. The fourth-order valence-electron chi connectivity index (χ4n) is 1.18. The summed E-state index contributed by atoms with van der Waals surface area (Å²) in [4.78, 5) is 7.75. The van der Waals surface area contributed by atoms with Gasteiger partial charge in [0, 0.05) is 11.6 Å². The van der Waals surface area contributed by atoms with Gasteiger partial charge >= 0.3 is 0 Å². The third-order valence-corrected chi connectivity index (χ3v) is 3.11. The fourth-order valence-corrected chi connectivity index (χ4v) is 1.63. The number of nitrogens with zero attached hydrogens (tertiary/aromatic N) is 2. The SMILES string of the molecule is Cc1c(Cl)ncnc1Oc1cc(F)ccc1Br. The van der Waals surface area contributed by atoms with E-state index in [2.05, 4.69) is 25.9 Å². The third kappa shape index (κ3) is 2.73. The molecule has 0 amide bonds. The molecule has 6 heteroatoms. The highest BCUT2D eigenvalue weighted by atomic mass is 79.9. The van der Waals surface area contributed by atoms with Gasteiger partial charge in [-0.25, -0.2) is 14.4 Å². The summed E-state index contributed by atoms with van der Waals surface area (Å²) < 4.78 is 19.2. The predicted molar refractivity (Wildman–Crippen MR) is 66.0 cm³/mol. The molecule has 0 radical (unpaired) electrons. The molecule has 3 nitrogen and oxygen atoms in total. The second-order valence-electron chi connectivity index (χ2n) is 3.27. The molecule has 1 heterocycles. The number of hydrogen-bond acceptors (Lipinski definition) is 3. The number of ether oxygens (including phenoxy) is 1. The number of halogens is 3. The van der Waals surface area contributed by atoms with E-state index in [-0.39, 0.29) is 5.82 Å². The molecular formula is C11H7BrClFN2O. The van der Waals surface area contributed by atoms with E-state index in [4.69, 9.17) is 16.3 Å². The van der Waals surface area contributed by atoms with Crippen LogP contribution in [0.5, 0.6) is 11.6 Å². The maximum absolute atomic E-state index is 13.1. The Bertz CT molecular complexity index is 565. The Hall–Kier alpha value is -1.20. The Morgan fingerprint density at radius 3 is 2.88 bits per heavy atom. The van der Waals surface area contributed by atoms with Gasteiger partial charge in [0.1, 0.15) is 23.0 Å². The summed E-state index contributed by atoms with van der Waals surface area (Å²) in [5.74, 6) is 0.250. The lowest BCUT2D eigenvalue weighted by atomic mass is 10.3. The standard InChI is InChI=1S/C11H7BrClFN2O/c1-6-10(13)15-5-16-11(6)17-9-4-7(14)2-3-8(9)12/h2-5H,1H3. The number of rotatable bonds is 2. The van der Waals surface area contributed by atoms with Crippen molar-refractivity contribution in [3.8, 4) is 11.6 Å². The largest absolute Gasteiger partial charge is 0.437 e. The predicted octanol–water partition coefficient (Wildman–Crippen LogP) is 4.13. The molecule has 0 spiro atoms. The lowest BCUT2D eigenvalue weighted by Crippen LogP contribution is -1.94. The zero-order valence-corrected chi connectivity index (χ0v) is 11.1. The van der Waals surface area contributed by atoms with Crippen molar-refractivity contribution in [3.63, 3.8) is 0 Å². The summed E-state index contributed by atoms with van der Waals surface area (Å²) in [6, 6.07) is 4.15. The Morgan fingerprint density at radius 1 is 1.35 bits per heavy atom. The number of aromatic nitrogens is 2. The first-order valence-corrected chi connectivity index (χ1v) is 5.85. The highest BCUT2D eigenvalue weighted by molar-refractivity contribution is 9.10. The molecule has 0 aliphatic heterocycles.